The molecule has 0 heterocycles. The standard InChI is InChI=1S/C13H24O/c1-6-10-13(5,14)12(4)9-7-8-11(2)3/h6,8,12,14H,1,7,9-10H2,2-5H3/t12-,13+/m0/s1. The molecule has 0 bridgehead atoms. The fraction of sp³-hybridized carbons (Fsp3) is 0.692. The van der Waals surface area contributed by atoms with E-state index in [1.54, 1.807) is 6.08 Å². The molecule has 0 aliphatic rings. The Bertz CT molecular complexity index is 197. The third kappa shape index (κ3) is 5.23. The van der Waals surface area contributed by atoms with Gasteiger partial charge in [0.1, 0.15) is 0 Å². The van der Waals surface area contributed by atoms with Crippen LogP contribution < -0.4 is 0 Å². The second-order valence-electron chi connectivity index (χ2n) is 4.61. The van der Waals surface area contributed by atoms with Crippen LogP contribution >= 0.6 is 0 Å². The molecule has 0 rings (SSSR count). The predicted octanol–water partition coefficient (Wildman–Crippen LogP) is 3.70. The van der Waals surface area contributed by atoms with Crippen molar-refractivity contribution in [3.63, 3.8) is 0 Å². The molecule has 0 saturated heterocycles. The molecule has 0 aromatic rings. The van der Waals surface area contributed by atoms with Gasteiger partial charge in [-0.05, 0) is 46.0 Å². The molecule has 0 aromatic heterocycles. The van der Waals surface area contributed by atoms with E-state index in [1.807, 2.05) is 6.92 Å². The Kier molecular flexibility index (Phi) is 5.78. The van der Waals surface area contributed by atoms with E-state index < -0.39 is 5.60 Å². The molecule has 82 valence electrons. The molecule has 1 nitrogen and oxygen atoms in total. The van der Waals surface area contributed by atoms with Gasteiger partial charge < -0.3 is 5.11 Å². The SMILES string of the molecule is C=CC[C@@](C)(O)[C@@H](C)CCC=C(C)C. The van der Waals surface area contributed by atoms with Crippen molar-refractivity contribution in [1.82, 2.24) is 0 Å². The molecule has 0 aliphatic carbocycles. The van der Waals surface area contributed by atoms with Gasteiger partial charge in [-0.1, -0.05) is 24.6 Å². The van der Waals surface area contributed by atoms with Crippen molar-refractivity contribution in [3.8, 4) is 0 Å². The van der Waals surface area contributed by atoms with Gasteiger partial charge in [-0.3, -0.25) is 0 Å². The summed E-state index contributed by atoms with van der Waals surface area (Å²) < 4.78 is 0. The molecular formula is C13H24O. The first-order valence-corrected chi connectivity index (χ1v) is 5.36. The summed E-state index contributed by atoms with van der Waals surface area (Å²) in [6, 6.07) is 0. The summed E-state index contributed by atoms with van der Waals surface area (Å²) in [7, 11) is 0. The first kappa shape index (κ1) is 13.4. The van der Waals surface area contributed by atoms with Crippen LogP contribution in [0.5, 0.6) is 0 Å². The smallest absolute Gasteiger partial charge is 0.0679 e. The fourth-order valence-electron chi connectivity index (χ4n) is 1.43. The summed E-state index contributed by atoms with van der Waals surface area (Å²) in [6.45, 7) is 11.9. The summed E-state index contributed by atoms with van der Waals surface area (Å²) in [5.41, 5.74) is 0.748. The molecule has 2 atom stereocenters. The van der Waals surface area contributed by atoms with E-state index in [2.05, 4.69) is 33.4 Å². The highest BCUT2D eigenvalue weighted by Crippen LogP contribution is 2.25. The van der Waals surface area contributed by atoms with Crippen molar-refractivity contribution in [1.29, 1.82) is 0 Å². The summed E-state index contributed by atoms with van der Waals surface area (Å²) in [5, 5.41) is 10.1. The molecule has 0 unspecified atom stereocenters. The molecule has 0 spiro atoms. The Hall–Kier alpha value is -0.560. The van der Waals surface area contributed by atoms with Crippen LogP contribution in [0.4, 0.5) is 0 Å². The molecule has 0 fully saturated rings. The quantitative estimate of drug-likeness (QED) is 0.642. The fourth-order valence-corrected chi connectivity index (χ4v) is 1.43. The summed E-state index contributed by atoms with van der Waals surface area (Å²) in [6.07, 6.45) is 6.77. The van der Waals surface area contributed by atoms with Gasteiger partial charge in [-0.15, -0.1) is 6.58 Å². The lowest BCUT2D eigenvalue weighted by Gasteiger charge is -2.29. The third-order valence-corrected chi connectivity index (χ3v) is 2.77. The second-order valence-corrected chi connectivity index (χ2v) is 4.61. The van der Waals surface area contributed by atoms with Crippen molar-refractivity contribution < 1.29 is 5.11 Å². The van der Waals surface area contributed by atoms with E-state index in [4.69, 9.17) is 0 Å². The first-order valence-electron chi connectivity index (χ1n) is 5.36. The highest BCUT2D eigenvalue weighted by atomic mass is 16.3. The lowest BCUT2D eigenvalue weighted by molar-refractivity contribution is 0.00619. The third-order valence-electron chi connectivity index (χ3n) is 2.77. The van der Waals surface area contributed by atoms with Gasteiger partial charge in [0.15, 0.2) is 0 Å². The molecule has 0 radical (unpaired) electrons. The van der Waals surface area contributed by atoms with E-state index in [9.17, 15) is 5.11 Å². The van der Waals surface area contributed by atoms with Crippen LogP contribution in [0, 0.1) is 5.92 Å². The van der Waals surface area contributed by atoms with Gasteiger partial charge in [0.05, 0.1) is 5.60 Å². The Balaban J connectivity index is 4.00. The Morgan fingerprint density at radius 2 is 2.07 bits per heavy atom. The maximum absolute atomic E-state index is 10.1. The summed E-state index contributed by atoms with van der Waals surface area (Å²) in [5.74, 6) is 0.316. The topological polar surface area (TPSA) is 20.2 Å². The van der Waals surface area contributed by atoms with Gasteiger partial charge in [0.2, 0.25) is 0 Å². The maximum Gasteiger partial charge on any atom is 0.0679 e. The van der Waals surface area contributed by atoms with Gasteiger partial charge >= 0.3 is 0 Å². The Labute approximate surface area is 88.5 Å². The molecule has 0 saturated carbocycles. The van der Waals surface area contributed by atoms with Crippen LogP contribution in [0.2, 0.25) is 0 Å². The van der Waals surface area contributed by atoms with Crippen molar-refractivity contribution in [2.45, 2.75) is 52.6 Å². The van der Waals surface area contributed by atoms with Crippen LogP contribution in [-0.4, -0.2) is 10.7 Å². The van der Waals surface area contributed by atoms with E-state index in [0.717, 1.165) is 12.8 Å². The maximum atomic E-state index is 10.1. The number of allylic oxidation sites excluding steroid dienone is 2. The number of aliphatic hydroxyl groups is 1. The lowest BCUT2D eigenvalue weighted by Crippen LogP contribution is -2.31. The lowest BCUT2D eigenvalue weighted by atomic mass is 9.84. The zero-order chi connectivity index (χ0) is 11.2. The predicted molar refractivity (Wildman–Crippen MR) is 63.3 cm³/mol. The van der Waals surface area contributed by atoms with Crippen LogP contribution in [0.3, 0.4) is 0 Å². The van der Waals surface area contributed by atoms with E-state index >= 15 is 0 Å². The van der Waals surface area contributed by atoms with Crippen LogP contribution in [0.25, 0.3) is 0 Å². The molecule has 1 N–H and O–H groups in total. The molecular weight excluding hydrogens is 172 g/mol. The van der Waals surface area contributed by atoms with Crippen LogP contribution in [0.1, 0.15) is 47.0 Å². The number of hydrogen-bond acceptors (Lipinski definition) is 1. The van der Waals surface area contributed by atoms with Crippen molar-refractivity contribution in [2.24, 2.45) is 5.92 Å². The van der Waals surface area contributed by atoms with E-state index in [0.29, 0.717) is 12.3 Å². The highest BCUT2D eigenvalue weighted by molar-refractivity contribution is 4.94. The van der Waals surface area contributed by atoms with E-state index in [-0.39, 0.29) is 0 Å². The Morgan fingerprint density at radius 1 is 1.50 bits per heavy atom. The first-order chi connectivity index (χ1) is 6.40. The minimum Gasteiger partial charge on any atom is -0.390 e. The molecule has 14 heavy (non-hydrogen) atoms. The average molecular weight is 196 g/mol. The number of hydrogen-bond donors (Lipinski definition) is 1. The minimum atomic E-state index is -0.600. The zero-order valence-electron chi connectivity index (χ0n) is 10.0. The molecule has 0 amide bonds. The number of rotatable bonds is 6. The van der Waals surface area contributed by atoms with Crippen LogP contribution in [-0.2, 0) is 0 Å². The summed E-state index contributed by atoms with van der Waals surface area (Å²) >= 11 is 0. The molecule has 1 heteroatoms. The highest BCUT2D eigenvalue weighted by Gasteiger charge is 2.25. The van der Waals surface area contributed by atoms with Crippen molar-refractivity contribution in [3.05, 3.63) is 24.3 Å². The molecule has 0 aliphatic heterocycles. The average Bonchev–Trinajstić information content (AvgIpc) is 2.03. The second kappa shape index (κ2) is 6.02. The van der Waals surface area contributed by atoms with Crippen molar-refractivity contribution >= 4 is 0 Å². The van der Waals surface area contributed by atoms with Gasteiger partial charge in [-0.25, -0.2) is 0 Å². The van der Waals surface area contributed by atoms with Crippen molar-refractivity contribution in [2.75, 3.05) is 0 Å². The largest absolute Gasteiger partial charge is 0.390 e. The van der Waals surface area contributed by atoms with Gasteiger partial charge in [0, 0.05) is 0 Å². The Morgan fingerprint density at radius 3 is 2.50 bits per heavy atom. The summed E-state index contributed by atoms with van der Waals surface area (Å²) in [4.78, 5) is 0. The zero-order valence-corrected chi connectivity index (χ0v) is 10.0. The molecule has 0 aromatic carbocycles. The van der Waals surface area contributed by atoms with E-state index in [1.165, 1.54) is 5.57 Å². The monoisotopic (exact) mass is 196 g/mol. The van der Waals surface area contributed by atoms with Gasteiger partial charge in [-0.2, -0.15) is 0 Å². The minimum absolute atomic E-state index is 0.316. The van der Waals surface area contributed by atoms with Crippen LogP contribution in [0.15, 0.2) is 24.3 Å². The normalized spacial score (nSPS) is 16.9. The van der Waals surface area contributed by atoms with Gasteiger partial charge in [0.25, 0.3) is 0 Å².